The van der Waals surface area contributed by atoms with Gasteiger partial charge in [-0.1, -0.05) is 5.16 Å². The first-order valence-corrected chi connectivity index (χ1v) is 5.78. The number of hydrogen-bond acceptors (Lipinski definition) is 4. The van der Waals surface area contributed by atoms with Crippen LogP contribution in [0.25, 0.3) is 0 Å². The third-order valence-electron chi connectivity index (χ3n) is 2.43. The Balaban J connectivity index is 2.13. The van der Waals surface area contributed by atoms with E-state index in [1.165, 1.54) is 18.6 Å². The van der Waals surface area contributed by atoms with Gasteiger partial charge in [0.05, 0.1) is 6.20 Å². The molecule has 0 radical (unpaired) electrons. The van der Waals surface area contributed by atoms with Crippen molar-refractivity contribution in [1.29, 1.82) is 0 Å². The van der Waals surface area contributed by atoms with E-state index in [2.05, 4.69) is 5.16 Å². The molecule has 1 aliphatic rings. The summed E-state index contributed by atoms with van der Waals surface area (Å²) in [4.78, 5) is 0. The Hall–Kier alpha value is -0.480. The lowest BCUT2D eigenvalue weighted by Crippen LogP contribution is -2.10. The molecule has 2 N–H and O–H groups in total. The Morgan fingerprint density at radius 1 is 1.69 bits per heavy atom. The van der Waals surface area contributed by atoms with E-state index in [4.69, 9.17) is 10.3 Å². The second-order valence-corrected chi connectivity index (χ2v) is 4.48. The van der Waals surface area contributed by atoms with Crippen molar-refractivity contribution in [2.24, 2.45) is 5.73 Å². The normalized spacial score (nSPS) is 23.3. The zero-order valence-corrected chi connectivity index (χ0v) is 8.35. The minimum absolute atomic E-state index is 0.541. The van der Waals surface area contributed by atoms with Crippen LogP contribution in [-0.4, -0.2) is 16.7 Å². The number of hydrogen-bond donors (Lipinski definition) is 1. The fraction of sp³-hybridized carbons (Fsp3) is 0.667. The Labute approximate surface area is 82.0 Å². The van der Waals surface area contributed by atoms with Crippen LogP contribution in [0, 0.1) is 0 Å². The summed E-state index contributed by atoms with van der Waals surface area (Å²) in [5.74, 6) is 4.00. The predicted octanol–water partition coefficient (Wildman–Crippen LogP) is 1.74. The third-order valence-corrected chi connectivity index (χ3v) is 3.64. The van der Waals surface area contributed by atoms with E-state index < -0.39 is 0 Å². The molecule has 2 rings (SSSR count). The van der Waals surface area contributed by atoms with Crippen molar-refractivity contribution >= 4 is 11.8 Å². The monoisotopic (exact) mass is 198 g/mol. The largest absolute Gasteiger partial charge is 0.361 e. The lowest BCUT2D eigenvalue weighted by molar-refractivity contribution is 0.357. The highest BCUT2D eigenvalue weighted by Gasteiger charge is 2.21. The average molecular weight is 198 g/mol. The van der Waals surface area contributed by atoms with Crippen molar-refractivity contribution in [3.63, 3.8) is 0 Å². The first-order valence-electron chi connectivity index (χ1n) is 4.63. The van der Waals surface area contributed by atoms with Gasteiger partial charge in [-0.2, -0.15) is 11.8 Å². The summed E-state index contributed by atoms with van der Waals surface area (Å²) >= 11 is 1.99. The molecule has 3 nitrogen and oxygen atoms in total. The van der Waals surface area contributed by atoms with Crippen LogP contribution < -0.4 is 5.73 Å². The number of thioether (sulfide) groups is 1. The molecule has 1 atom stereocenters. The number of rotatable bonds is 2. The van der Waals surface area contributed by atoms with E-state index in [9.17, 15) is 0 Å². The maximum Gasteiger partial charge on any atom is 0.145 e. The van der Waals surface area contributed by atoms with Crippen LogP contribution in [0.5, 0.6) is 0 Å². The first kappa shape index (κ1) is 9.09. The van der Waals surface area contributed by atoms with Gasteiger partial charge in [-0.3, -0.25) is 0 Å². The minimum Gasteiger partial charge on any atom is -0.361 e. The Morgan fingerprint density at radius 2 is 2.62 bits per heavy atom. The molecular formula is C9H14N2OS. The standard InChI is InChI=1S/C9H14N2OS/c10-4-8-5-11-12-9(8)7-2-1-3-13-6-7/h5,7H,1-4,6,10H2. The highest BCUT2D eigenvalue weighted by atomic mass is 32.2. The predicted molar refractivity (Wildman–Crippen MR) is 53.7 cm³/mol. The zero-order valence-electron chi connectivity index (χ0n) is 7.53. The molecule has 0 saturated carbocycles. The van der Waals surface area contributed by atoms with Gasteiger partial charge in [-0.25, -0.2) is 0 Å². The van der Waals surface area contributed by atoms with Crippen molar-refractivity contribution in [1.82, 2.24) is 5.16 Å². The summed E-state index contributed by atoms with van der Waals surface area (Å²) in [7, 11) is 0. The maximum absolute atomic E-state index is 5.59. The fourth-order valence-corrected chi connectivity index (χ4v) is 2.85. The molecule has 4 heteroatoms. The highest BCUT2D eigenvalue weighted by Crippen LogP contribution is 2.32. The van der Waals surface area contributed by atoms with Gasteiger partial charge < -0.3 is 10.3 Å². The summed E-state index contributed by atoms with van der Waals surface area (Å²) in [6, 6.07) is 0. The van der Waals surface area contributed by atoms with Gasteiger partial charge in [-0.05, 0) is 18.6 Å². The summed E-state index contributed by atoms with van der Waals surface area (Å²) in [5.41, 5.74) is 6.67. The van der Waals surface area contributed by atoms with Crippen molar-refractivity contribution in [3.05, 3.63) is 17.5 Å². The lowest BCUT2D eigenvalue weighted by Gasteiger charge is -2.19. The lowest BCUT2D eigenvalue weighted by atomic mass is 9.99. The van der Waals surface area contributed by atoms with E-state index in [1.54, 1.807) is 6.20 Å². The van der Waals surface area contributed by atoms with Crippen molar-refractivity contribution < 1.29 is 4.52 Å². The molecule has 0 aliphatic carbocycles. The molecular weight excluding hydrogens is 184 g/mol. The second kappa shape index (κ2) is 4.15. The van der Waals surface area contributed by atoms with Crippen LogP contribution >= 0.6 is 11.8 Å². The van der Waals surface area contributed by atoms with Crippen LogP contribution in [0.1, 0.15) is 30.1 Å². The van der Waals surface area contributed by atoms with E-state index in [1.807, 2.05) is 11.8 Å². The zero-order chi connectivity index (χ0) is 9.10. The van der Waals surface area contributed by atoms with Gasteiger partial charge >= 0.3 is 0 Å². The van der Waals surface area contributed by atoms with Crippen LogP contribution in [0.3, 0.4) is 0 Å². The molecule has 13 heavy (non-hydrogen) atoms. The first-order chi connectivity index (χ1) is 6.42. The molecule has 1 aromatic heterocycles. The molecule has 1 aromatic rings. The molecule has 0 spiro atoms. The van der Waals surface area contributed by atoms with Gasteiger partial charge in [0.1, 0.15) is 5.76 Å². The topological polar surface area (TPSA) is 52.0 Å². The summed E-state index contributed by atoms with van der Waals surface area (Å²) in [6.07, 6.45) is 4.24. The summed E-state index contributed by atoms with van der Waals surface area (Å²) in [5, 5.41) is 3.80. The summed E-state index contributed by atoms with van der Waals surface area (Å²) < 4.78 is 5.25. The van der Waals surface area contributed by atoms with E-state index in [-0.39, 0.29) is 0 Å². The third kappa shape index (κ3) is 1.89. The molecule has 0 amide bonds. The molecule has 0 aromatic carbocycles. The van der Waals surface area contributed by atoms with Gasteiger partial charge in [0, 0.05) is 23.8 Å². The van der Waals surface area contributed by atoms with Gasteiger partial charge in [0.25, 0.3) is 0 Å². The van der Waals surface area contributed by atoms with Crippen molar-refractivity contribution in [2.45, 2.75) is 25.3 Å². The number of nitrogens with zero attached hydrogens (tertiary/aromatic N) is 1. The van der Waals surface area contributed by atoms with E-state index >= 15 is 0 Å². The van der Waals surface area contributed by atoms with E-state index in [0.29, 0.717) is 12.5 Å². The molecule has 1 aliphatic heterocycles. The Kier molecular flexibility index (Phi) is 2.90. The highest BCUT2D eigenvalue weighted by molar-refractivity contribution is 7.99. The Bertz CT molecular complexity index is 268. The summed E-state index contributed by atoms with van der Waals surface area (Å²) in [6.45, 7) is 0.542. The second-order valence-electron chi connectivity index (χ2n) is 3.33. The minimum atomic E-state index is 0.541. The van der Waals surface area contributed by atoms with Gasteiger partial charge in [0.15, 0.2) is 0 Å². The van der Waals surface area contributed by atoms with E-state index in [0.717, 1.165) is 17.1 Å². The molecule has 72 valence electrons. The number of nitrogens with two attached hydrogens (primary N) is 1. The maximum atomic E-state index is 5.59. The smallest absolute Gasteiger partial charge is 0.145 e. The molecule has 0 bridgehead atoms. The quantitative estimate of drug-likeness (QED) is 0.786. The molecule has 2 heterocycles. The van der Waals surface area contributed by atoms with Crippen LogP contribution in [0.15, 0.2) is 10.7 Å². The molecule has 1 saturated heterocycles. The number of aromatic nitrogens is 1. The Morgan fingerprint density at radius 3 is 3.31 bits per heavy atom. The van der Waals surface area contributed by atoms with Crippen molar-refractivity contribution in [3.8, 4) is 0 Å². The van der Waals surface area contributed by atoms with Crippen LogP contribution in [-0.2, 0) is 6.54 Å². The van der Waals surface area contributed by atoms with Gasteiger partial charge in [0.2, 0.25) is 0 Å². The van der Waals surface area contributed by atoms with Crippen LogP contribution in [0.4, 0.5) is 0 Å². The average Bonchev–Trinajstić information content (AvgIpc) is 2.67. The van der Waals surface area contributed by atoms with Crippen LogP contribution in [0.2, 0.25) is 0 Å². The van der Waals surface area contributed by atoms with Gasteiger partial charge in [-0.15, -0.1) is 0 Å². The SMILES string of the molecule is NCc1cnoc1C1CCCSC1. The molecule has 1 fully saturated rings. The molecule has 1 unspecified atom stereocenters. The fourth-order valence-electron chi connectivity index (χ4n) is 1.71. The van der Waals surface area contributed by atoms with Crippen molar-refractivity contribution in [2.75, 3.05) is 11.5 Å².